The second-order valence-corrected chi connectivity index (χ2v) is 7.25. The fourth-order valence-electron chi connectivity index (χ4n) is 3.79. The van der Waals surface area contributed by atoms with Crippen LogP contribution in [0.4, 0.5) is 5.82 Å². The second-order valence-electron chi connectivity index (χ2n) is 7.25. The molecule has 27 heavy (non-hydrogen) atoms. The van der Waals surface area contributed by atoms with Gasteiger partial charge in [0.1, 0.15) is 18.5 Å². The molecule has 3 rings (SSSR count). The zero-order valence-electron chi connectivity index (χ0n) is 16.4. The van der Waals surface area contributed by atoms with Crippen LogP contribution in [0.5, 0.6) is 0 Å². The van der Waals surface area contributed by atoms with Crippen molar-refractivity contribution in [3.05, 3.63) is 23.9 Å². The highest BCUT2D eigenvalue weighted by atomic mass is 16.5. The van der Waals surface area contributed by atoms with Crippen LogP contribution in [0, 0.1) is 6.92 Å². The Kier molecular flexibility index (Phi) is 6.28. The molecule has 0 bridgehead atoms. The standard InChI is InChI=1S/C19H29N5O3/c1-15-5-4-6-20-18(15)22-8-10-23(11-9-22)19(26)16-13-21(2)7-12-24(16)17(25)14-27-3/h4-6,16H,7-14H2,1-3H3. The molecule has 1 aromatic heterocycles. The minimum atomic E-state index is -0.436. The Morgan fingerprint density at radius 3 is 2.59 bits per heavy atom. The van der Waals surface area contributed by atoms with E-state index >= 15 is 0 Å². The number of aryl methyl sites for hydroxylation is 1. The molecule has 0 radical (unpaired) electrons. The van der Waals surface area contributed by atoms with Gasteiger partial charge < -0.3 is 24.3 Å². The molecule has 2 saturated heterocycles. The molecule has 8 nitrogen and oxygen atoms in total. The molecular formula is C19H29N5O3. The number of hydrogen-bond acceptors (Lipinski definition) is 6. The number of carbonyl (C=O) groups excluding carboxylic acids is 2. The normalized spacial score (nSPS) is 21.4. The molecule has 0 aliphatic carbocycles. The van der Waals surface area contributed by atoms with Gasteiger partial charge in [-0.05, 0) is 25.6 Å². The third kappa shape index (κ3) is 4.39. The molecule has 1 aromatic rings. The first kappa shape index (κ1) is 19.6. The van der Waals surface area contributed by atoms with Crippen LogP contribution in [-0.2, 0) is 14.3 Å². The number of methoxy groups -OCH3 is 1. The van der Waals surface area contributed by atoms with E-state index in [2.05, 4.69) is 27.8 Å². The highest BCUT2D eigenvalue weighted by Gasteiger charge is 2.37. The quantitative estimate of drug-likeness (QED) is 0.728. The first-order valence-electron chi connectivity index (χ1n) is 9.43. The summed E-state index contributed by atoms with van der Waals surface area (Å²) in [7, 11) is 3.49. The molecule has 0 aromatic carbocycles. The fourth-order valence-corrected chi connectivity index (χ4v) is 3.79. The SMILES string of the molecule is COCC(=O)N1CCN(C)CC1C(=O)N1CCN(c2ncccc2C)CC1. The van der Waals surface area contributed by atoms with Crippen LogP contribution in [0.25, 0.3) is 0 Å². The van der Waals surface area contributed by atoms with Gasteiger partial charge in [0.25, 0.3) is 0 Å². The zero-order chi connectivity index (χ0) is 19.4. The van der Waals surface area contributed by atoms with Crippen molar-refractivity contribution in [2.45, 2.75) is 13.0 Å². The Hall–Kier alpha value is -2.19. The highest BCUT2D eigenvalue weighted by Crippen LogP contribution is 2.19. The van der Waals surface area contributed by atoms with E-state index in [-0.39, 0.29) is 18.4 Å². The van der Waals surface area contributed by atoms with Gasteiger partial charge in [-0.25, -0.2) is 4.98 Å². The monoisotopic (exact) mass is 375 g/mol. The summed E-state index contributed by atoms with van der Waals surface area (Å²) in [5.41, 5.74) is 1.14. The number of anilines is 1. The van der Waals surface area contributed by atoms with E-state index in [0.717, 1.165) is 31.0 Å². The topological polar surface area (TPSA) is 69.2 Å². The number of aromatic nitrogens is 1. The third-order valence-corrected chi connectivity index (χ3v) is 5.33. The number of likely N-dealkylation sites (N-methyl/N-ethyl adjacent to an activating group) is 1. The van der Waals surface area contributed by atoms with Crippen LogP contribution in [0.2, 0.25) is 0 Å². The van der Waals surface area contributed by atoms with E-state index in [0.29, 0.717) is 26.2 Å². The average molecular weight is 375 g/mol. The van der Waals surface area contributed by atoms with E-state index in [1.807, 2.05) is 18.0 Å². The van der Waals surface area contributed by atoms with Gasteiger partial charge in [0.05, 0.1) is 0 Å². The highest BCUT2D eigenvalue weighted by molar-refractivity contribution is 5.88. The number of rotatable bonds is 4. The van der Waals surface area contributed by atoms with Crippen molar-refractivity contribution in [3.8, 4) is 0 Å². The van der Waals surface area contributed by atoms with Gasteiger partial charge in [0, 0.05) is 59.1 Å². The first-order valence-corrected chi connectivity index (χ1v) is 9.43. The van der Waals surface area contributed by atoms with Crippen molar-refractivity contribution in [2.75, 3.05) is 71.5 Å². The molecule has 0 N–H and O–H groups in total. The lowest BCUT2D eigenvalue weighted by Gasteiger charge is -2.43. The minimum absolute atomic E-state index is 0.0141. The van der Waals surface area contributed by atoms with Gasteiger partial charge in [-0.2, -0.15) is 0 Å². The predicted molar refractivity (Wildman–Crippen MR) is 103 cm³/mol. The van der Waals surface area contributed by atoms with Crippen molar-refractivity contribution in [2.24, 2.45) is 0 Å². The number of piperazine rings is 2. The Morgan fingerprint density at radius 1 is 1.19 bits per heavy atom. The van der Waals surface area contributed by atoms with Crippen molar-refractivity contribution in [1.82, 2.24) is 19.7 Å². The number of amides is 2. The number of nitrogens with zero attached hydrogens (tertiary/aromatic N) is 5. The summed E-state index contributed by atoms with van der Waals surface area (Å²) in [6.07, 6.45) is 1.80. The van der Waals surface area contributed by atoms with Gasteiger partial charge >= 0.3 is 0 Å². The maximum atomic E-state index is 13.2. The lowest BCUT2D eigenvalue weighted by Crippen LogP contribution is -2.62. The largest absolute Gasteiger partial charge is 0.375 e. The molecule has 0 saturated carbocycles. The number of hydrogen-bond donors (Lipinski definition) is 0. The molecule has 148 valence electrons. The van der Waals surface area contributed by atoms with Crippen LogP contribution >= 0.6 is 0 Å². The summed E-state index contributed by atoms with van der Waals surface area (Å²) in [6, 6.07) is 3.55. The molecular weight excluding hydrogens is 346 g/mol. The predicted octanol–water partition coefficient (Wildman–Crippen LogP) is -0.172. The van der Waals surface area contributed by atoms with Gasteiger partial charge in [0.2, 0.25) is 11.8 Å². The summed E-state index contributed by atoms with van der Waals surface area (Å²) in [6.45, 7) is 6.73. The Balaban J connectivity index is 1.64. The van der Waals surface area contributed by atoms with Gasteiger partial charge in [-0.3, -0.25) is 9.59 Å². The summed E-state index contributed by atoms with van der Waals surface area (Å²) in [4.78, 5) is 37.9. The van der Waals surface area contributed by atoms with Crippen LogP contribution in [0.15, 0.2) is 18.3 Å². The first-order chi connectivity index (χ1) is 13.0. The number of ether oxygens (including phenoxy) is 1. The van der Waals surface area contributed by atoms with Gasteiger partial charge in [-0.1, -0.05) is 6.07 Å². The smallest absolute Gasteiger partial charge is 0.249 e. The fraction of sp³-hybridized carbons (Fsp3) is 0.632. The number of pyridine rings is 1. The van der Waals surface area contributed by atoms with Crippen LogP contribution in [0.1, 0.15) is 5.56 Å². The molecule has 2 fully saturated rings. The van der Waals surface area contributed by atoms with Crippen LogP contribution in [0.3, 0.4) is 0 Å². The zero-order valence-corrected chi connectivity index (χ0v) is 16.4. The Morgan fingerprint density at radius 2 is 1.93 bits per heavy atom. The van der Waals surface area contributed by atoms with Gasteiger partial charge in [-0.15, -0.1) is 0 Å². The van der Waals surface area contributed by atoms with E-state index in [1.165, 1.54) is 7.11 Å². The molecule has 1 unspecified atom stereocenters. The summed E-state index contributed by atoms with van der Waals surface area (Å²) >= 11 is 0. The summed E-state index contributed by atoms with van der Waals surface area (Å²) < 4.78 is 4.99. The van der Waals surface area contributed by atoms with Crippen molar-refractivity contribution >= 4 is 17.6 Å². The second kappa shape index (κ2) is 8.67. The van der Waals surface area contributed by atoms with Gasteiger partial charge in [0.15, 0.2) is 0 Å². The molecule has 2 aliphatic heterocycles. The maximum absolute atomic E-state index is 13.2. The molecule has 2 aliphatic rings. The summed E-state index contributed by atoms with van der Waals surface area (Å²) in [5, 5.41) is 0. The maximum Gasteiger partial charge on any atom is 0.249 e. The molecule has 1 atom stereocenters. The number of carbonyl (C=O) groups is 2. The van der Waals surface area contributed by atoms with E-state index in [9.17, 15) is 9.59 Å². The van der Waals surface area contributed by atoms with Crippen molar-refractivity contribution in [1.29, 1.82) is 0 Å². The average Bonchev–Trinajstić information content (AvgIpc) is 2.68. The lowest BCUT2D eigenvalue weighted by molar-refractivity contribution is -0.151. The van der Waals surface area contributed by atoms with E-state index in [4.69, 9.17) is 4.74 Å². The molecule has 2 amide bonds. The molecule has 3 heterocycles. The van der Waals surface area contributed by atoms with E-state index in [1.54, 1.807) is 11.1 Å². The summed E-state index contributed by atoms with van der Waals surface area (Å²) in [5.74, 6) is 0.897. The van der Waals surface area contributed by atoms with Crippen molar-refractivity contribution < 1.29 is 14.3 Å². The van der Waals surface area contributed by atoms with Crippen LogP contribution < -0.4 is 4.90 Å². The van der Waals surface area contributed by atoms with Crippen LogP contribution in [-0.4, -0.2) is 104 Å². The Labute approximate surface area is 160 Å². The Bertz CT molecular complexity index is 675. The molecule has 0 spiro atoms. The third-order valence-electron chi connectivity index (χ3n) is 5.33. The van der Waals surface area contributed by atoms with Crippen molar-refractivity contribution in [3.63, 3.8) is 0 Å². The lowest BCUT2D eigenvalue weighted by atomic mass is 10.1. The minimum Gasteiger partial charge on any atom is -0.375 e. The molecule has 8 heteroatoms. The van der Waals surface area contributed by atoms with E-state index < -0.39 is 6.04 Å².